The van der Waals surface area contributed by atoms with Gasteiger partial charge in [-0.3, -0.25) is 4.79 Å². The van der Waals surface area contributed by atoms with Crippen LogP contribution in [0.3, 0.4) is 0 Å². The molecule has 2 aromatic rings. The number of nitrogens with zero attached hydrogens (tertiary/aromatic N) is 3. The summed E-state index contributed by atoms with van der Waals surface area (Å²) in [6, 6.07) is 6.96. The average molecular weight is 347 g/mol. The first-order valence-electron chi connectivity index (χ1n) is 5.80. The van der Waals surface area contributed by atoms with Gasteiger partial charge in [0.05, 0.1) is 17.8 Å². The van der Waals surface area contributed by atoms with E-state index in [9.17, 15) is 4.79 Å². The molecule has 0 aliphatic heterocycles. The fourth-order valence-corrected chi connectivity index (χ4v) is 2.02. The van der Waals surface area contributed by atoms with Crippen molar-refractivity contribution in [3.63, 3.8) is 0 Å². The second kappa shape index (κ2) is 6.93. The van der Waals surface area contributed by atoms with Crippen molar-refractivity contribution in [3.05, 3.63) is 61.4 Å². The highest BCUT2D eigenvalue weighted by molar-refractivity contribution is 6.41. The smallest absolute Gasteiger partial charge is 0.287 e. The van der Waals surface area contributed by atoms with Crippen LogP contribution in [0, 0.1) is 0 Å². The normalized spacial score (nSPS) is 11.5. The predicted molar refractivity (Wildman–Crippen MR) is 83.5 cm³/mol. The minimum absolute atomic E-state index is 0.0838. The maximum atomic E-state index is 12.0. The van der Waals surface area contributed by atoms with E-state index in [0.29, 0.717) is 10.7 Å². The van der Waals surface area contributed by atoms with E-state index >= 15 is 0 Å². The highest BCUT2D eigenvalue weighted by atomic mass is 35.5. The highest BCUT2D eigenvalue weighted by Crippen LogP contribution is 2.15. The number of hydrogen-bond donors (Lipinski definition) is 0. The van der Waals surface area contributed by atoms with Gasteiger partial charge in [0.25, 0.3) is 5.56 Å². The Morgan fingerprint density at radius 2 is 1.95 bits per heavy atom. The van der Waals surface area contributed by atoms with Gasteiger partial charge in [0, 0.05) is 10.6 Å². The van der Waals surface area contributed by atoms with Gasteiger partial charge in [-0.25, -0.2) is 4.68 Å². The molecular formula is C13H10Cl3N3O2. The molecule has 0 unspecified atom stereocenters. The molecule has 0 fully saturated rings. The Morgan fingerprint density at radius 1 is 1.29 bits per heavy atom. The van der Waals surface area contributed by atoms with Crippen molar-refractivity contribution in [2.24, 2.45) is 5.16 Å². The first kappa shape index (κ1) is 15.8. The summed E-state index contributed by atoms with van der Waals surface area (Å²) in [6.45, 7) is 0.0885. The summed E-state index contributed by atoms with van der Waals surface area (Å²) in [7, 11) is 1.42. The number of oxime groups is 1. The van der Waals surface area contributed by atoms with Gasteiger partial charge in [0.2, 0.25) is 0 Å². The van der Waals surface area contributed by atoms with Gasteiger partial charge in [0.1, 0.15) is 17.8 Å². The molecule has 0 saturated heterocycles. The monoisotopic (exact) mass is 345 g/mol. The molecule has 110 valence electrons. The molecular weight excluding hydrogens is 337 g/mol. The lowest BCUT2D eigenvalue weighted by Gasteiger charge is -2.08. The number of aromatic nitrogens is 2. The zero-order valence-corrected chi connectivity index (χ0v) is 13.2. The first-order valence-corrected chi connectivity index (χ1v) is 6.93. The first-order chi connectivity index (χ1) is 10.0. The Bertz CT molecular complexity index is 726. The molecule has 1 aromatic carbocycles. The lowest BCUT2D eigenvalue weighted by molar-refractivity contribution is 0.212. The summed E-state index contributed by atoms with van der Waals surface area (Å²) < 4.78 is 1.15. The minimum atomic E-state index is -0.498. The molecule has 1 aromatic heterocycles. The van der Waals surface area contributed by atoms with Gasteiger partial charge in [0.15, 0.2) is 0 Å². The molecule has 2 rings (SSSR count). The van der Waals surface area contributed by atoms with Crippen LogP contribution < -0.4 is 5.56 Å². The van der Waals surface area contributed by atoms with Crippen molar-refractivity contribution in [2.45, 2.75) is 6.54 Å². The van der Waals surface area contributed by atoms with Crippen LogP contribution in [0.5, 0.6) is 0 Å². The SMILES string of the molecule is CO/N=C(/Cn1ncc(Cl)c(Cl)c1=O)c1ccc(Cl)cc1. The van der Waals surface area contributed by atoms with E-state index in [-0.39, 0.29) is 16.6 Å². The van der Waals surface area contributed by atoms with Crippen molar-refractivity contribution in [1.82, 2.24) is 9.78 Å². The van der Waals surface area contributed by atoms with Gasteiger partial charge in [-0.15, -0.1) is 0 Å². The molecule has 0 N–H and O–H groups in total. The average Bonchev–Trinajstić information content (AvgIpc) is 2.48. The predicted octanol–water partition coefficient (Wildman–Crippen LogP) is 3.25. The van der Waals surface area contributed by atoms with Gasteiger partial charge in [-0.1, -0.05) is 52.1 Å². The summed E-state index contributed by atoms with van der Waals surface area (Å²) in [5.74, 6) is 0. The molecule has 0 aliphatic rings. The molecule has 0 atom stereocenters. The number of rotatable bonds is 4. The molecule has 0 amide bonds. The quantitative estimate of drug-likeness (QED) is 0.631. The molecule has 0 saturated carbocycles. The van der Waals surface area contributed by atoms with Gasteiger partial charge in [-0.05, 0) is 12.1 Å². The van der Waals surface area contributed by atoms with Crippen molar-refractivity contribution < 1.29 is 4.84 Å². The maximum Gasteiger partial charge on any atom is 0.287 e. The summed E-state index contributed by atoms with van der Waals surface area (Å²) in [5.41, 5.74) is 0.755. The maximum absolute atomic E-state index is 12.0. The molecule has 21 heavy (non-hydrogen) atoms. The zero-order chi connectivity index (χ0) is 15.4. The molecule has 5 nitrogen and oxygen atoms in total. The second-order valence-electron chi connectivity index (χ2n) is 4.00. The molecule has 0 bridgehead atoms. The summed E-state index contributed by atoms with van der Waals surface area (Å²) >= 11 is 17.4. The second-order valence-corrected chi connectivity index (χ2v) is 5.22. The van der Waals surface area contributed by atoms with Crippen LogP contribution in [-0.2, 0) is 11.4 Å². The molecule has 0 radical (unpaired) electrons. The van der Waals surface area contributed by atoms with Gasteiger partial charge < -0.3 is 4.84 Å². The summed E-state index contributed by atoms with van der Waals surface area (Å²) in [4.78, 5) is 16.8. The number of benzene rings is 1. The third-order valence-corrected chi connectivity index (χ3v) is 3.62. The summed E-state index contributed by atoms with van der Waals surface area (Å²) in [5, 5.41) is 8.46. The van der Waals surface area contributed by atoms with Crippen LogP contribution in [0.2, 0.25) is 15.1 Å². The molecule has 8 heteroatoms. The van der Waals surface area contributed by atoms with Crippen LogP contribution in [0.25, 0.3) is 0 Å². The van der Waals surface area contributed by atoms with E-state index in [0.717, 1.165) is 10.2 Å². The minimum Gasteiger partial charge on any atom is -0.399 e. The van der Waals surface area contributed by atoms with Crippen LogP contribution in [0.1, 0.15) is 5.56 Å². The van der Waals surface area contributed by atoms with Crippen molar-refractivity contribution in [2.75, 3.05) is 7.11 Å². The van der Waals surface area contributed by atoms with E-state index < -0.39 is 5.56 Å². The topological polar surface area (TPSA) is 56.5 Å². The Kier molecular flexibility index (Phi) is 5.22. The lowest BCUT2D eigenvalue weighted by Crippen LogP contribution is -2.27. The van der Waals surface area contributed by atoms with E-state index in [2.05, 4.69) is 10.3 Å². The largest absolute Gasteiger partial charge is 0.399 e. The van der Waals surface area contributed by atoms with Crippen molar-refractivity contribution in [3.8, 4) is 0 Å². The standard InChI is InChI=1S/C13H10Cl3N3O2/c1-21-18-11(8-2-4-9(14)5-3-8)7-19-13(20)12(16)10(15)6-17-19/h2-6H,7H2,1H3/b18-11-. The van der Waals surface area contributed by atoms with E-state index in [1.165, 1.54) is 13.3 Å². The highest BCUT2D eigenvalue weighted by Gasteiger charge is 2.12. The van der Waals surface area contributed by atoms with Gasteiger partial charge in [-0.2, -0.15) is 5.10 Å². The third kappa shape index (κ3) is 3.75. The third-order valence-electron chi connectivity index (χ3n) is 2.62. The van der Waals surface area contributed by atoms with Crippen LogP contribution in [-0.4, -0.2) is 22.6 Å². The number of halogens is 3. The zero-order valence-electron chi connectivity index (χ0n) is 10.9. The van der Waals surface area contributed by atoms with Crippen LogP contribution >= 0.6 is 34.8 Å². The Morgan fingerprint density at radius 3 is 2.57 bits per heavy atom. The fourth-order valence-electron chi connectivity index (χ4n) is 1.62. The van der Waals surface area contributed by atoms with Gasteiger partial charge >= 0.3 is 0 Å². The van der Waals surface area contributed by atoms with Crippen LogP contribution in [0.4, 0.5) is 0 Å². The Balaban J connectivity index is 2.38. The van der Waals surface area contributed by atoms with Crippen LogP contribution in [0.15, 0.2) is 40.4 Å². The van der Waals surface area contributed by atoms with Crippen molar-refractivity contribution >= 4 is 40.5 Å². The molecule has 1 heterocycles. The van der Waals surface area contributed by atoms with E-state index in [1.807, 2.05) is 0 Å². The van der Waals surface area contributed by atoms with E-state index in [4.69, 9.17) is 39.6 Å². The lowest BCUT2D eigenvalue weighted by atomic mass is 10.1. The molecule has 0 aliphatic carbocycles. The fraction of sp³-hybridized carbons (Fsp3) is 0.154. The number of hydrogen-bond acceptors (Lipinski definition) is 4. The van der Waals surface area contributed by atoms with E-state index in [1.54, 1.807) is 24.3 Å². The Hall–Kier alpha value is -1.56. The van der Waals surface area contributed by atoms with Crippen molar-refractivity contribution in [1.29, 1.82) is 0 Å². The Labute approximate surface area is 135 Å². The molecule has 0 spiro atoms. The summed E-state index contributed by atoms with van der Waals surface area (Å²) in [6.07, 6.45) is 1.30.